The van der Waals surface area contributed by atoms with Crippen LogP contribution in [0.1, 0.15) is 30.6 Å². The Morgan fingerprint density at radius 1 is 1.53 bits per heavy atom. The second-order valence-corrected chi connectivity index (χ2v) is 6.22. The van der Waals surface area contributed by atoms with Gasteiger partial charge in [-0.2, -0.15) is 0 Å². The van der Waals surface area contributed by atoms with Crippen LogP contribution in [-0.2, 0) is 11.3 Å². The molecule has 1 aromatic heterocycles. The predicted molar refractivity (Wildman–Crippen MR) is 77.1 cm³/mol. The lowest BCUT2D eigenvalue weighted by atomic mass is 9.91. The van der Waals surface area contributed by atoms with Crippen molar-refractivity contribution in [2.75, 3.05) is 13.6 Å². The third-order valence-corrected chi connectivity index (χ3v) is 4.57. The third kappa shape index (κ3) is 4.30. The molecule has 19 heavy (non-hydrogen) atoms. The van der Waals surface area contributed by atoms with Crippen molar-refractivity contribution < 1.29 is 9.90 Å². The molecule has 0 bridgehead atoms. The van der Waals surface area contributed by atoms with Gasteiger partial charge in [0.1, 0.15) is 0 Å². The number of aliphatic hydroxyl groups is 1. The van der Waals surface area contributed by atoms with Crippen molar-refractivity contribution in [3.05, 3.63) is 22.4 Å². The number of amides is 1. The Bertz CT molecular complexity index is 394. The van der Waals surface area contributed by atoms with Gasteiger partial charge in [0.15, 0.2) is 0 Å². The second-order valence-electron chi connectivity index (χ2n) is 5.19. The van der Waals surface area contributed by atoms with Gasteiger partial charge in [0.05, 0.1) is 19.2 Å². The van der Waals surface area contributed by atoms with E-state index in [4.69, 9.17) is 0 Å². The fourth-order valence-electron chi connectivity index (χ4n) is 2.60. The summed E-state index contributed by atoms with van der Waals surface area (Å²) < 4.78 is 0. The van der Waals surface area contributed by atoms with Crippen LogP contribution in [0.15, 0.2) is 17.5 Å². The van der Waals surface area contributed by atoms with E-state index in [1.54, 1.807) is 11.3 Å². The zero-order valence-corrected chi connectivity index (χ0v) is 12.2. The summed E-state index contributed by atoms with van der Waals surface area (Å²) in [6.45, 7) is 0.949. The highest BCUT2D eigenvalue weighted by atomic mass is 32.1. The highest BCUT2D eigenvalue weighted by molar-refractivity contribution is 7.09. The first kappa shape index (κ1) is 14.5. The number of nitrogens with one attached hydrogen (secondary N) is 1. The number of thiophene rings is 1. The largest absolute Gasteiger partial charge is 0.391 e. The topological polar surface area (TPSA) is 52.6 Å². The van der Waals surface area contributed by atoms with Crippen molar-refractivity contribution in [1.82, 2.24) is 10.2 Å². The first-order valence-electron chi connectivity index (χ1n) is 6.84. The number of hydrogen-bond acceptors (Lipinski definition) is 4. The van der Waals surface area contributed by atoms with E-state index in [2.05, 4.69) is 5.32 Å². The Morgan fingerprint density at radius 3 is 3.00 bits per heavy atom. The van der Waals surface area contributed by atoms with Crippen molar-refractivity contribution in [2.45, 2.75) is 44.4 Å². The van der Waals surface area contributed by atoms with Crippen LogP contribution in [0.4, 0.5) is 0 Å². The van der Waals surface area contributed by atoms with Crippen molar-refractivity contribution in [3.63, 3.8) is 0 Å². The maximum atomic E-state index is 11.9. The van der Waals surface area contributed by atoms with Crippen molar-refractivity contribution in [3.8, 4) is 0 Å². The third-order valence-electron chi connectivity index (χ3n) is 3.69. The van der Waals surface area contributed by atoms with E-state index in [1.807, 2.05) is 29.5 Å². The van der Waals surface area contributed by atoms with Gasteiger partial charge in [-0.25, -0.2) is 0 Å². The van der Waals surface area contributed by atoms with Gasteiger partial charge in [-0.1, -0.05) is 18.9 Å². The summed E-state index contributed by atoms with van der Waals surface area (Å²) in [4.78, 5) is 15.0. The maximum absolute atomic E-state index is 11.9. The van der Waals surface area contributed by atoms with Crippen LogP contribution < -0.4 is 5.32 Å². The minimum atomic E-state index is -0.288. The fraction of sp³-hybridized carbons (Fsp3) is 0.643. The summed E-state index contributed by atoms with van der Waals surface area (Å²) >= 11 is 1.64. The molecule has 1 saturated carbocycles. The Balaban J connectivity index is 1.74. The molecule has 1 aliphatic rings. The molecule has 2 rings (SSSR count). The summed E-state index contributed by atoms with van der Waals surface area (Å²) in [5.41, 5.74) is 0. The number of carbonyl (C=O) groups is 1. The van der Waals surface area contributed by atoms with Gasteiger partial charge < -0.3 is 10.4 Å². The molecule has 0 saturated heterocycles. The van der Waals surface area contributed by atoms with Crippen LogP contribution in [0.2, 0.25) is 0 Å². The fourth-order valence-corrected chi connectivity index (χ4v) is 3.25. The summed E-state index contributed by atoms with van der Waals surface area (Å²) in [5.74, 6) is 0.0219. The molecule has 0 spiro atoms. The molecule has 2 unspecified atom stereocenters. The highest BCUT2D eigenvalue weighted by Crippen LogP contribution is 2.22. The molecule has 1 heterocycles. The maximum Gasteiger partial charge on any atom is 0.234 e. The molecule has 0 aliphatic heterocycles. The SMILES string of the molecule is CN(CC(=O)NCc1cccs1)C1CCCCC1O. The van der Waals surface area contributed by atoms with Gasteiger partial charge in [0.2, 0.25) is 5.91 Å². The molecule has 0 radical (unpaired) electrons. The van der Waals surface area contributed by atoms with Gasteiger partial charge in [0, 0.05) is 10.9 Å². The summed E-state index contributed by atoms with van der Waals surface area (Å²) in [5, 5.41) is 14.9. The van der Waals surface area contributed by atoms with E-state index in [-0.39, 0.29) is 18.1 Å². The van der Waals surface area contributed by atoms with E-state index in [0.29, 0.717) is 13.1 Å². The zero-order chi connectivity index (χ0) is 13.7. The Morgan fingerprint density at radius 2 is 2.32 bits per heavy atom. The van der Waals surface area contributed by atoms with Gasteiger partial charge >= 0.3 is 0 Å². The summed E-state index contributed by atoms with van der Waals surface area (Å²) in [6.07, 6.45) is 3.78. The van der Waals surface area contributed by atoms with E-state index >= 15 is 0 Å². The Kier molecular flexibility index (Phi) is 5.36. The van der Waals surface area contributed by atoms with Gasteiger partial charge in [-0.05, 0) is 31.3 Å². The smallest absolute Gasteiger partial charge is 0.234 e. The average Bonchev–Trinajstić information content (AvgIpc) is 2.90. The first-order valence-corrected chi connectivity index (χ1v) is 7.72. The lowest BCUT2D eigenvalue weighted by Gasteiger charge is -2.34. The monoisotopic (exact) mass is 282 g/mol. The van der Waals surface area contributed by atoms with Crippen LogP contribution in [-0.4, -0.2) is 41.7 Å². The molecule has 1 aromatic rings. The van der Waals surface area contributed by atoms with Crippen LogP contribution >= 0.6 is 11.3 Å². The number of hydrogen-bond donors (Lipinski definition) is 2. The molecular formula is C14H22N2O2S. The van der Waals surface area contributed by atoms with Crippen LogP contribution in [0.25, 0.3) is 0 Å². The summed E-state index contributed by atoms with van der Waals surface area (Å²) in [7, 11) is 1.92. The van der Waals surface area contributed by atoms with E-state index in [9.17, 15) is 9.90 Å². The number of rotatable bonds is 5. The number of likely N-dealkylation sites (N-methyl/N-ethyl adjacent to an activating group) is 1. The van der Waals surface area contributed by atoms with Gasteiger partial charge in [-0.15, -0.1) is 11.3 Å². The summed E-state index contributed by atoms with van der Waals surface area (Å²) in [6, 6.07) is 4.12. The number of nitrogens with zero attached hydrogens (tertiary/aromatic N) is 1. The van der Waals surface area contributed by atoms with E-state index < -0.39 is 0 Å². The van der Waals surface area contributed by atoms with E-state index in [0.717, 1.165) is 30.6 Å². The van der Waals surface area contributed by atoms with E-state index in [1.165, 1.54) is 0 Å². The Hall–Kier alpha value is -0.910. The molecular weight excluding hydrogens is 260 g/mol. The average molecular weight is 282 g/mol. The van der Waals surface area contributed by atoms with Crippen LogP contribution in [0.3, 0.4) is 0 Å². The molecule has 2 N–H and O–H groups in total. The van der Waals surface area contributed by atoms with Crippen LogP contribution in [0.5, 0.6) is 0 Å². The molecule has 1 aliphatic carbocycles. The first-order chi connectivity index (χ1) is 9.16. The second kappa shape index (κ2) is 7.03. The lowest BCUT2D eigenvalue weighted by molar-refractivity contribution is -0.123. The molecule has 106 valence electrons. The highest BCUT2D eigenvalue weighted by Gasteiger charge is 2.27. The Labute approximate surface area is 118 Å². The van der Waals surface area contributed by atoms with Crippen molar-refractivity contribution in [2.24, 2.45) is 0 Å². The minimum absolute atomic E-state index is 0.0219. The standard InChI is InChI=1S/C14H22N2O2S/c1-16(12-6-2-3-7-13(12)17)10-14(18)15-9-11-5-4-8-19-11/h4-5,8,12-13,17H,2-3,6-7,9-10H2,1H3,(H,15,18). The van der Waals surface area contributed by atoms with Crippen molar-refractivity contribution >= 4 is 17.2 Å². The van der Waals surface area contributed by atoms with Gasteiger partial charge in [-0.3, -0.25) is 9.69 Å². The molecule has 2 atom stereocenters. The normalized spacial score (nSPS) is 23.5. The quantitative estimate of drug-likeness (QED) is 0.862. The predicted octanol–water partition coefficient (Wildman–Crippen LogP) is 1.60. The minimum Gasteiger partial charge on any atom is -0.391 e. The molecule has 1 fully saturated rings. The van der Waals surface area contributed by atoms with Crippen molar-refractivity contribution in [1.29, 1.82) is 0 Å². The lowest BCUT2D eigenvalue weighted by Crippen LogP contribution is -2.47. The molecule has 1 amide bonds. The molecule has 4 nitrogen and oxygen atoms in total. The van der Waals surface area contributed by atoms with Crippen LogP contribution in [0, 0.1) is 0 Å². The molecule has 0 aromatic carbocycles. The number of aliphatic hydroxyl groups excluding tert-OH is 1. The molecule has 5 heteroatoms. The zero-order valence-electron chi connectivity index (χ0n) is 11.3. The number of carbonyl (C=O) groups excluding carboxylic acids is 1. The van der Waals surface area contributed by atoms with Gasteiger partial charge in [0.25, 0.3) is 0 Å².